The Kier molecular flexibility index (Phi) is 3.83. The fourth-order valence-electron chi connectivity index (χ4n) is 2.68. The summed E-state index contributed by atoms with van der Waals surface area (Å²) in [7, 11) is 0. The third kappa shape index (κ3) is 2.75. The van der Waals surface area contributed by atoms with E-state index in [1.165, 1.54) is 11.1 Å². The van der Waals surface area contributed by atoms with E-state index in [1.807, 2.05) is 12.3 Å². The molecule has 0 radical (unpaired) electrons. The summed E-state index contributed by atoms with van der Waals surface area (Å²) in [6.45, 7) is 2.24. The van der Waals surface area contributed by atoms with Crippen LogP contribution >= 0.6 is 11.3 Å². The minimum absolute atomic E-state index is 0.195. The van der Waals surface area contributed by atoms with Crippen molar-refractivity contribution in [3.05, 3.63) is 51.5 Å². The summed E-state index contributed by atoms with van der Waals surface area (Å²) in [5.41, 5.74) is 3.69. The summed E-state index contributed by atoms with van der Waals surface area (Å²) < 4.78 is 4.96. The van der Waals surface area contributed by atoms with E-state index < -0.39 is 0 Å². The van der Waals surface area contributed by atoms with Gasteiger partial charge in [-0.2, -0.15) is 0 Å². The van der Waals surface area contributed by atoms with Gasteiger partial charge in [0.2, 0.25) is 0 Å². The monoisotopic (exact) mass is 287 g/mol. The molecule has 1 aromatic carbocycles. The summed E-state index contributed by atoms with van der Waals surface area (Å²) in [5.74, 6) is 0.271. The number of aromatic nitrogens is 1. The molecule has 0 unspecified atom stereocenters. The van der Waals surface area contributed by atoms with Crippen molar-refractivity contribution >= 4 is 17.3 Å². The third-order valence-corrected chi connectivity index (χ3v) is 4.66. The highest BCUT2D eigenvalue weighted by atomic mass is 32.1. The van der Waals surface area contributed by atoms with E-state index in [1.54, 1.807) is 11.3 Å². The lowest BCUT2D eigenvalue weighted by Gasteiger charge is -2.03. The molecule has 0 atom stereocenters. The van der Waals surface area contributed by atoms with Crippen molar-refractivity contribution in [1.29, 1.82) is 0 Å². The van der Waals surface area contributed by atoms with Gasteiger partial charge in [0.05, 0.1) is 23.7 Å². The first-order chi connectivity index (χ1) is 9.76. The molecule has 2 aromatic rings. The highest BCUT2D eigenvalue weighted by molar-refractivity contribution is 7.09. The first kappa shape index (κ1) is 13.3. The van der Waals surface area contributed by atoms with Crippen LogP contribution in [-0.4, -0.2) is 17.6 Å². The second kappa shape index (κ2) is 5.75. The molecule has 0 aliphatic heterocycles. The molecule has 1 aliphatic rings. The summed E-state index contributed by atoms with van der Waals surface area (Å²) in [5, 5.41) is 3.12. The molecule has 3 rings (SSSR count). The number of hydrogen-bond donors (Lipinski definition) is 0. The first-order valence-electron chi connectivity index (χ1n) is 6.93. The maximum Gasteiger partial charge on any atom is 0.311 e. The van der Waals surface area contributed by atoms with Crippen LogP contribution in [0.2, 0.25) is 0 Å². The van der Waals surface area contributed by atoms with Crippen LogP contribution in [0.5, 0.6) is 0 Å². The Bertz CT molecular complexity index is 595. The van der Waals surface area contributed by atoms with Crippen molar-refractivity contribution < 1.29 is 9.53 Å². The number of benzene rings is 1. The Morgan fingerprint density at radius 1 is 1.35 bits per heavy atom. The van der Waals surface area contributed by atoms with E-state index in [-0.39, 0.29) is 12.4 Å². The van der Waals surface area contributed by atoms with Crippen molar-refractivity contribution in [1.82, 2.24) is 4.98 Å². The third-order valence-electron chi connectivity index (χ3n) is 3.60. The quantitative estimate of drug-likeness (QED) is 0.811. The largest absolute Gasteiger partial charge is 0.466 e. The molecule has 20 heavy (non-hydrogen) atoms. The van der Waals surface area contributed by atoms with Gasteiger partial charge in [-0.1, -0.05) is 24.3 Å². The minimum atomic E-state index is -0.195. The van der Waals surface area contributed by atoms with Crippen LogP contribution in [0.1, 0.15) is 34.7 Å². The Hall–Kier alpha value is -1.68. The average Bonchev–Trinajstić information content (AvgIpc) is 3.04. The Balaban J connectivity index is 1.68. The summed E-state index contributed by atoms with van der Waals surface area (Å²) in [4.78, 5) is 16.1. The lowest BCUT2D eigenvalue weighted by atomic mass is 10.1. The standard InChI is InChI=1S/C16H17NO2S/c1-2-19-15(18)9-14-10-20-16(17-14)13-7-11-5-3-4-6-12(11)8-13/h3-6,10,13H,2,7-9H2,1H3. The topological polar surface area (TPSA) is 39.2 Å². The lowest BCUT2D eigenvalue weighted by Crippen LogP contribution is -2.08. The SMILES string of the molecule is CCOC(=O)Cc1csc(C2Cc3ccccc3C2)n1. The predicted octanol–water partition coefficient (Wildman–Crippen LogP) is 3.13. The molecule has 0 saturated heterocycles. The molecule has 1 aliphatic carbocycles. The Labute approximate surface area is 122 Å². The number of carbonyl (C=O) groups is 1. The maximum absolute atomic E-state index is 11.5. The fraction of sp³-hybridized carbons (Fsp3) is 0.375. The van der Waals surface area contributed by atoms with Gasteiger partial charge in [0.15, 0.2) is 0 Å². The number of rotatable bonds is 4. The molecule has 104 valence electrons. The zero-order chi connectivity index (χ0) is 13.9. The summed E-state index contributed by atoms with van der Waals surface area (Å²) in [6, 6.07) is 8.58. The van der Waals surface area contributed by atoms with Crippen LogP contribution in [0.15, 0.2) is 29.6 Å². The smallest absolute Gasteiger partial charge is 0.311 e. The molecule has 0 fully saturated rings. The number of nitrogens with zero attached hydrogens (tertiary/aromatic N) is 1. The normalized spacial score (nSPS) is 14.2. The number of fused-ring (bicyclic) bond motifs is 1. The van der Waals surface area contributed by atoms with E-state index in [0.29, 0.717) is 12.5 Å². The van der Waals surface area contributed by atoms with Crippen molar-refractivity contribution in [2.24, 2.45) is 0 Å². The lowest BCUT2D eigenvalue weighted by molar-refractivity contribution is -0.142. The van der Waals surface area contributed by atoms with E-state index in [2.05, 4.69) is 29.2 Å². The van der Waals surface area contributed by atoms with Crippen LogP contribution in [0.25, 0.3) is 0 Å². The van der Waals surface area contributed by atoms with Crippen molar-refractivity contribution in [3.63, 3.8) is 0 Å². The van der Waals surface area contributed by atoms with Crippen molar-refractivity contribution in [3.8, 4) is 0 Å². The Morgan fingerprint density at radius 3 is 2.70 bits per heavy atom. The molecule has 0 spiro atoms. The van der Waals surface area contributed by atoms with Gasteiger partial charge in [-0.05, 0) is 30.9 Å². The number of esters is 1. The maximum atomic E-state index is 11.5. The minimum Gasteiger partial charge on any atom is -0.466 e. The molecule has 0 saturated carbocycles. The number of hydrogen-bond acceptors (Lipinski definition) is 4. The van der Waals surface area contributed by atoms with Crippen LogP contribution in [0.4, 0.5) is 0 Å². The summed E-state index contributed by atoms with van der Waals surface area (Å²) >= 11 is 1.66. The van der Waals surface area contributed by atoms with Crippen LogP contribution in [-0.2, 0) is 28.8 Å². The molecule has 0 amide bonds. The second-order valence-electron chi connectivity index (χ2n) is 5.03. The van der Waals surface area contributed by atoms with Gasteiger partial charge in [-0.3, -0.25) is 4.79 Å². The zero-order valence-corrected chi connectivity index (χ0v) is 12.3. The highest BCUT2D eigenvalue weighted by Crippen LogP contribution is 2.35. The average molecular weight is 287 g/mol. The molecular weight excluding hydrogens is 270 g/mol. The van der Waals surface area contributed by atoms with E-state index in [9.17, 15) is 4.79 Å². The van der Waals surface area contributed by atoms with Gasteiger partial charge in [0.25, 0.3) is 0 Å². The van der Waals surface area contributed by atoms with Crippen molar-refractivity contribution in [2.45, 2.75) is 32.1 Å². The van der Waals surface area contributed by atoms with E-state index >= 15 is 0 Å². The van der Waals surface area contributed by atoms with Gasteiger partial charge in [-0.25, -0.2) is 4.98 Å². The fourth-order valence-corrected chi connectivity index (χ4v) is 3.61. The predicted molar refractivity (Wildman–Crippen MR) is 79.0 cm³/mol. The number of thiazole rings is 1. The summed E-state index contributed by atoms with van der Waals surface area (Å²) in [6.07, 6.45) is 2.40. The number of carbonyl (C=O) groups excluding carboxylic acids is 1. The number of ether oxygens (including phenoxy) is 1. The van der Waals surface area contributed by atoms with Crippen LogP contribution < -0.4 is 0 Å². The molecule has 0 N–H and O–H groups in total. The zero-order valence-electron chi connectivity index (χ0n) is 11.5. The van der Waals surface area contributed by atoms with E-state index in [0.717, 1.165) is 23.5 Å². The molecule has 3 nitrogen and oxygen atoms in total. The molecule has 4 heteroatoms. The van der Waals surface area contributed by atoms with E-state index in [4.69, 9.17) is 4.74 Å². The van der Waals surface area contributed by atoms with Gasteiger partial charge in [0.1, 0.15) is 0 Å². The van der Waals surface area contributed by atoms with Gasteiger partial charge >= 0.3 is 5.97 Å². The van der Waals surface area contributed by atoms with Crippen LogP contribution in [0, 0.1) is 0 Å². The van der Waals surface area contributed by atoms with Crippen molar-refractivity contribution in [2.75, 3.05) is 6.61 Å². The molecular formula is C16H17NO2S. The first-order valence-corrected chi connectivity index (χ1v) is 7.81. The van der Waals surface area contributed by atoms with Gasteiger partial charge in [0, 0.05) is 11.3 Å². The molecule has 0 bridgehead atoms. The van der Waals surface area contributed by atoms with Gasteiger partial charge < -0.3 is 4.74 Å². The van der Waals surface area contributed by atoms with Gasteiger partial charge in [-0.15, -0.1) is 11.3 Å². The second-order valence-corrected chi connectivity index (χ2v) is 5.92. The highest BCUT2D eigenvalue weighted by Gasteiger charge is 2.25. The van der Waals surface area contributed by atoms with Crippen LogP contribution in [0.3, 0.4) is 0 Å². The molecule has 1 heterocycles. The Morgan fingerprint density at radius 2 is 2.05 bits per heavy atom. The molecule has 1 aromatic heterocycles.